The van der Waals surface area contributed by atoms with Gasteiger partial charge in [-0.1, -0.05) is 6.92 Å². The first-order valence-corrected chi connectivity index (χ1v) is 5.94. The summed E-state index contributed by atoms with van der Waals surface area (Å²) in [5.41, 5.74) is 0.493. The molecule has 0 bridgehead atoms. The fourth-order valence-corrected chi connectivity index (χ4v) is 2.33. The van der Waals surface area contributed by atoms with Gasteiger partial charge >= 0.3 is 0 Å². The SMILES string of the molecule is CC[C@H]1O[C@@H](n2cnc3c(=O)[nH]cnc32)C[C@@H]1O. The number of H-pyrrole nitrogens is 1. The summed E-state index contributed by atoms with van der Waals surface area (Å²) in [5, 5.41) is 9.84. The third-order valence-electron chi connectivity index (χ3n) is 3.28. The van der Waals surface area contributed by atoms with Gasteiger partial charge in [-0.05, 0) is 6.42 Å². The van der Waals surface area contributed by atoms with Crippen LogP contribution in [0.15, 0.2) is 17.4 Å². The van der Waals surface area contributed by atoms with Gasteiger partial charge in [0.1, 0.15) is 6.23 Å². The summed E-state index contributed by atoms with van der Waals surface area (Å²) in [6, 6.07) is 0. The van der Waals surface area contributed by atoms with Crippen LogP contribution < -0.4 is 5.56 Å². The summed E-state index contributed by atoms with van der Waals surface area (Å²) in [5.74, 6) is 0. The van der Waals surface area contributed by atoms with Crippen LogP contribution in [0.5, 0.6) is 0 Å². The minimum absolute atomic E-state index is 0.172. The average Bonchev–Trinajstić information content (AvgIpc) is 2.93. The monoisotopic (exact) mass is 250 g/mol. The van der Waals surface area contributed by atoms with E-state index < -0.39 is 6.10 Å². The zero-order chi connectivity index (χ0) is 12.7. The lowest BCUT2D eigenvalue weighted by molar-refractivity contribution is -0.0183. The lowest BCUT2D eigenvalue weighted by atomic mass is 10.1. The van der Waals surface area contributed by atoms with Gasteiger partial charge in [-0.15, -0.1) is 0 Å². The standard InChI is InChI=1S/C11H14N4O3/c1-2-7-6(16)3-8(18-7)15-5-14-9-10(15)12-4-13-11(9)17/h4-8,16H,2-3H2,1H3,(H,12,13,17)/t6-,7+,8+/m0/s1. The second-order valence-electron chi connectivity index (χ2n) is 4.40. The molecule has 0 amide bonds. The predicted molar refractivity (Wildman–Crippen MR) is 63.0 cm³/mol. The fraction of sp³-hybridized carbons (Fsp3) is 0.545. The summed E-state index contributed by atoms with van der Waals surface area (Å²) in [6.07, 6.45) is 3.13. The van der Waals surface area contributed by atoms with E-state index >= 15 is 0 Å². The van der Waals surface area contributed by atoms with Crippen molar-refractivity contribution in [1.82, 2.24) is 19.5 Å². The number of ether oxygens (including phenoxy) is 1. The molecular formula is C11H14N4O3. The molecule has 3 heterocycles. The largest absolute Gasteiger partial charge is 0.390 e. The van der Waals surface area contributed by atoms with Crippen LogP contribution in [-0.2, 0) is 4.74 Å². The number of aliphatic hydroxyl groups excluding tert-OH is 1. The van der Waals surface area contributed by atoms with Gasteiger partial charge < -0.3 is 14.8 Å². The van der Waals surface area contributed by atoms with Crippen LogP contribution in [0.3, 0.4) is 0 Å². The van der Waals surface area contributed by atoms with Crippen LogP contribution in [0.1, 0.15) is 26.0 Å². The van der Waals surface area contributed by atoms with Crippen LogP contribution >= 0.6 is 0 Å². The molecule has 2 N–H and O–H groups in total. The maximum absolute atomic E-state index is 11.5. The first-order chi connectivity index (χ1) is 8.70. The lowest BCUT2D eigenvalue weighted by Gasteiger charge is -2.13. The minimum atomic E-state index is -0.487. The summed E-state index contributed by atoms with van der Waals surface area (Å²) in [4.78, 5) is 22.1. The fourth-order valence-electron chi connectivity index (χ4n) is 2.33. The van der Waals surface area contributed by atoms with Crippen LogP contribution in [0.2, 0.25) is 0 Å². The van der Waals surface area contributed by atoms with Crippen molar-refractivity contribution in [2.75, 3.05) is 0 Å². The van der Waals surface area contributed by atoms with E-state index in [9.17, 15) is 9.90 Å². The van der Waals surface area contributed by atoms with Crippen LogP contribution in [0.4, 0.5) is 0 Å². The van der Waals surface area contributed by atoms with Crippen molar-refractivity contribution < 1.29 is 9.84 Å². The number of aromatic nitrogens is 4. The average molecular weight is 250 g/mol. The smallest absolute Gasteiger partial charge is 0.278 e. The number of imidazole rings is 1. The quantitative estimate of drug-likeness (QED) is 0.793. The Labute approximate surface area is 102 Å². The Hall–Kier alpha value is -1.73. The summed E-state index contributed by atoms with van der Waals surface area (Å²) >= 11 is 0. The van der Waals surface area contributed by atoms with Gasteiger partial charge in [0.05, 0.1) is 24.9 Å². The van der Waals surface area contributed by atoms with E-state index in [0.717, 1.165) is 6.42 Å². The molecule has 0 unspecified atom stereocenters. The molecule has 2 aromatic heterocycles. The molecule has 1 saturated heterocycles. The Kier molecular flexibility index (Phi) is 2.64. The molecule has 96 valence electrons. The van der Waals surface area contributed by atoms with Crippen molar-refractivity contribution in [1.29, 1.82) is 0 Å². The Bertz CT molecular complexity index is 620. The maximum Gasteiger partial charge on any atom is 0.278 e. The van der Waals surface area contributed by atoms with Crippen molar-refractivity contribution in [2.45, 2.75) is 38.2 Å². The number of hydrogen-bond donors (Lipinski definition) is 2. The molecule has 1 aliphatic rings. The van der Waals surface area contributed by atoms with E-state index in [-0.39, 0.29) is 23.4 Å². The highest BCUT2D eigenvalue weighted by Gasteiger charge is 2.34. The summed E-state index contributed by atoms with van der Waals surface area (Å²) < 4.78 is 7.43. The first-order valence-electron chi connectivity index (χ1n) is 5.94. The summed E-state index contributed by atoms with van der Waals surface area (Å²) in [7, 11) is 0. The maximum atomic E-state index is 11.5. The molecule has 0 radical (unpaired) electrons. The van der Waals surface area contributed by atoms with Gasteiger partial charge in [0.15, 0.2) is 11.2 Å². The molecule has 0 spiro atoms. The van der Waals surface area contributed by atoms with E-state index in [2.05, 4.69) is 15.0 Å². The van der Waals surface area contributed by atoms with E-state index in [0.29, 0.717) is 12.1 Å². The number of hydrogen-bond acceptors (Lipinski definition) is 5. The number of rotatable bonds is 2. The predicted octanol–water partition coefficient (Wildman–Crippen LogP) is 0.178. The normalized spacial score (nSPS) is 28.0. The van der Waals surface area contributed by atoms with Gasteiger partial charge in [0.25, 0.3) is 5.56 Å². The number of fused-ring (bicyclic) bond motifs is 1. The van der Waals surface area contributed by atoms with Crippen LogP contribution in [0, 0.1) is 0 Å². The zero-order valence-electron chi connectivity index (χ0n) is 9.91. The van der Waals surface area contributed by atoms with Crippen molar-refractivity contribution >= 4 is 11.2 Å². The van der Waals surface area contributed by atoms with Gasteiger partial charge in [-0.25, -0.2) is 9.97 Å². The highest BCUT2D eigenvalue weighted by Crippen LogP contribution is 2.31. The highest BCUT2D eigenvalue weighted by molar-refractivity contribution is 5.68. The first kappa shape index (κ1) is 11.4. The molecule has 3 rings (SSSR count). The third-order valence-corrected chi connectivity index (χ3v) is 3.28. The minimum Gasteiger partial charge on any atom is -0.390 e. The van der Waals surface area contributed by atoms with Crippen LogP contribution in [0.25, 0.3) is 11.2 Å². The van der Waals surface area contributed by atoms with Crippen molar-refractivity contribution in [3.05, 3.63) is 23.0 Å². The van der Waals surface area contributed by atoms with Gasteiger partial charge in [-0.2, -0.15) is 0 Å². The molecule has 0 aromatic carbocycles. The summed E-state index contributed by atoms with van der Waals surface area (Å²) in [6.45, 7) is 1.96. The topological polar surface area (TPSA) is 93.0 Å². The third kappa shape index (κ3) is 1.63. The Morgan fingerprint density at radius 2 is 2.44 bits per heavy atom. The zero-order valence-corrected chi connectivity index (χ0v) is 9.91. The molecule has 3 atom stereocenters. The molecule has 0 aliphatic carbocycles. The lowest BCUT2D eigenvalue weighted by Crippen LogP contribution is -2.19. The molecule has 2 aromatic rings. The highest BCUT2D eigenvalue weighted by atomic mass is 16.5. The number of nitrogens with zero attached hydrogens (tertiary/aromatic N) is 3. The van der Waals surface area contributed by atoms with E-state index in [4.69, 9.17) is 4.74 Å². The molecule has 18 heavy (non-hydrogen) atoms. The molecule has 1 fully saturated rings. The van der Waals surface area contributed by atoms with Crippen LogP contribution in [-0.4, -0.2) is 36.8 Å². The molecular weight excluding hydrogens is 236 g/mol. The Morgan fingerprint density at radius 1 is 1.61 bits per heavy atom. The molecule has 0 saturated carbocycles. The number of aromatic amines is 1. The van der Waals surface area contributed by atoms with E-state index in [1.807, 2.05) is 6.92 Å². The molecule has 7 nitrogen and oxygen atoms in total. The van der Waals surface area contributed by atoms with E-state index in [1.54, 1.807) is 4.57 Å². The molecule has 1 aliphatic heterocycles. The van der Waals surface area contributed by atoms with Gasteiger partial charge in [0, 0.05) is 6.42 Å². The molecule has 7 heteroatoms. The Balaban J connectivity index is 2.01. The number of nitrogens with one attached hydrogen (secondary N) is 1. The van der Waals surface area contributed by atoms with E-state index in [1.165, 1.54) is 12.7 Å². The van der Waals surface area contributed by atoms with Crippen molar-refractivity contribution in [3.63, 3.8) is 0 Å². The second kappa shape index (κ2) is 4.18. The van der Waals surface area contributed by atoms with Crippen molar-refractivity contribution in [2.24, 2.45) is 0 Å². The number of aliphatic hydroxyl groups is 1. The van der Waals surface area contributed by atoms with Gasteiger partial charge in [0.2, 0.25) is 0 Å². The Morgan fingerprint density at radius 3 is 3.17 bits per heavy atom. The second-order valence-corrected chi connectivity index (χ2v) is 4.40. The van der Waals surface area contributed by atoms with Crippen molar-refractivity contribution in [3.8, 4) is 0 Å². The van der Waals surface area contributed by atoms with Gasteiger partial charge in [-0.3, -0.25) is 9.36 Å².